The van der Waals surface area contributed by atoms with E-state index in [2.05, 4.69) is 46.9 Å². The Kier molecular flexibility index (Phi) is 5.66. The summed E-state index contributed by atoms with van der Waals surface area (Å²) in [7, 11) is 0. The molecule has 0 bridgehead atoms. The standard InChI is InChI=1S/C17H23N3OS/c1-12(2)14-7-5-6-8-15(14)20-10-9-18-17(20)22-11-16(21)19-13(3)4/h5-10,12-13H,11H2,1-4H3,(H,19,21). The summed E-state index contributed by atoms with van der Waals surface area (Å²) in [6, 6.07) is 8.48. The Morgan fingerprint density at radius 1 is 1.27 bits per heavy atom. The van der Waals surface area contributed by atoms with Gasteiger partial charge in [0.05, 0.1) is 11.4 Å². The summed E-state index contributed by atoms with van der Waals surface area (Å²) in [4.78, 5) is 16.2. The van der Waals surface area contributed by atoms with Crippen molar-refractivity contribution in [2.75, 3.05) is 5.75 Å². The van der Waals surface area contributed by atoms with Crippen molar-refractivity contribution in [1.82, 2.24) is 14.9 Å². The van der Waals surface area contributed by atoms with E-state index in [9.17, 15) is 4.79 Å². The molecule has 0 aliphatic heterocycles. The van der Waals surface area contributed by atoms with E-state index in [4.69, 9.17) is 0 Å². The van der Waals surface area contributed by atoms with E-state index in [1.54, 1.807) is 6.20 Å². The lowest BCUT2D eigenvalue weighted by Gasteiger charge is -2.15. The van der Waals surface area contributed by atoms with Crippen LogP contribution in [0.4, 0.5) is 0 Å². The molecule has 0 atom stereocenters. The predicted molar refractivity (Wildman–Crippen MR) is 91.7 cm³/mol. The molecule has 0 radical (unpaired) electrons. The second kappa shape index (κ2) is 7.49. The molecule has 1 N–H and O–H groups in total. The maximum atomic E-state index is 11.8. The number of nitrogens with one attached hydrogen (secondary N) is 1. The highest BCUT2D eigenvalue weighted by Crippen LogP contribution is 2.27. The summed E-state index contributed by atoms with van der Waals surface area (Å²) in [5, 5.41) is 3.74. The van der Waals surface area contributed by atoms with Gasteiger partial charge >= 0.3 is 0 Å². The highest BCUT2D eigenvalue weighted by Gasteiger charge is 2.13. The number of nitrogens with zero attached hydrogens (tertiary/aromatic N) is 2. The summed E-state index contributed by atoms with van der Waals surface area (Å²) in [6.45, 7) is 8.28. The van der Waals surface area contributed by atoms with E-state index < -0.39 is 0 Å². The minimum Gasteiger partial charge on any atom is -0.353 e. The Balaban J connectivity index is 2.18. The number of imidazole rings is 1. The van der Waals surface area contributed by atoms with Crippen LogP contribution >= 0.6 is 11.8 Å². The summed E-state index contributed by atoms with van der Waals surface area (Å²) >= 11 is 1.46. The van der Waals surface area contributed by atoms with Crippen LogP contribution in [0.25, 0.3) is 5.69 Å². The summed E-state index contributed by atoms with van der Waals surface area (Å²) in [5.41, 5.74) is 2.40. The second-order valence-corrected chi connectivity index (χ2v) is 6.75. The lowest BCUT2D eigenvalue weighted by molar-refractivity contribution is -0.119. The molecule has 0 aliphatic carbocycles. The summed E-state index contributed by atoms with van der Waals surface area (Å²) in [5.74, 6) is 0.839. The lowest BCUT2D eigenvalue weighted by atomic mass is 10.0. The number of benzene rings is 1. The second-order valence-electron chi connectivity index (χ2n) is 5.80. The first kappa shape index (κ1) is 16.6. The molecule has 5 heteroatoms. The Hall–Kier alpha value is -1.75. The minimum absolute atomic E-state index is 0.0340. The molecular weight excluding hydrogens is 294 g/mol. The predicted octanol–water partition coefficient (Wildman–Crippen LogP) is 3.61. The summed E-state index contributed by atoms with van der Waals surface area (Å²) in [6.07, 6.45) is 3.73. The number of para-hydroxylation sites is 1. The van der Waals surface area contributed by atoms with Gasteiger partial charge in [-0.3, -0.25) is 9.36 Å². The van der Waals surface area contributed by atoms with Crippen molar-refractivity contribution in [2.45, 2.75) is 44.8 Å². The van der Waals surface area contributed by atoms with Gasteiger partial charge in [0.2, 0.25) is 5.91 Å². The number of aromatic nitrogens is 2. The van der Waals surface area contributed by atoms with Crippen molar-refractivity contribution < 1.29 is 4.79 Å². The normalized spacial score (nSPS) is 11.2. The molecule has 1 heterocycles. The maximum Gasteiger partial charge on any atom is 0.230 e. The number of amides is 1. The average Bonchev–Trinajstić information content (AvgIpc) is 2.92. The fourth-order valence-electron chi connectivity index (χ4n) is 2.27. The molecule has 118 valence electrons. The molecule has 1 aromatic carbocycles. The van der Waals surface area contributed by atoms with Gasteiger partial charge in [0, 0.05) is 18.4 Å². The van der Waals surface area contributed by atoms with Crippen molar-refractivity contribution in [3.63, 3.8) is 0 Å². The minimum atomic E-state index is 0.0340. The van der Waals surface area contributed by atoms with Crippen LogP contribution in [0.3, 0.4) is 0 Å². The molecule has 0 saturated carbocycles. The average molecular weight is 317 g/mol. The van der Waals surface area contributed by atoms with Gasteiger partial charge in [-0.15, -0.1) is 0 Å². The molecular formula is C17H23N3OS. The van der Waals surface area contributed by atoms with Gasteiger partial charge in [0.25, 0.3) is 0 Å². The molecule has 2 aromatic rings. The third kappa shape index (κ3) is 4.13. The number of carbonyl (C=O) groups excluding carboxylic acids is 1. The highest BCUT2D eigenvalue weighted by molar-refractivity contribution is 7.99. The van der Waals surface area contributed by atoms with Crippen LogP contribution in [0.2, 0.25) is 0 Å². The highest BCUT2D eigenvalue weighted by atomic mass is 32.2. The van der Waals surface area contributed by atoms with E-state index in [1.807, 2.05) is 26.1 Å². The molecule has 0 aliphatic rings. The molecule has 2 rings (SSSR count). The van der Waals surface area contributed by atoms with Gasteiger partial charge in [0.1, 0.15) is 0 Å². The number of hydrogen-bond acceptors (Lipinski definition) is 3. The molecule has 0 unspecified atom stereocenters. The van der Waals surface area contributed by atoms with Gasteiger partial charge in [-0.25, -0.2) is 4.98 Å². The van der Waals surface area contributed by atoms with Gasteiger partial charge in [-0.2, -0.15) is 0 Å². The molecule has 22 heavy (non-hydrogen) atoms. The monoisotopic (exact) mass is 317 g/mol. The molecule has 4 nitrogen and oxygen atoms in total. The Morgan fingerprint density at radius 3 is 2.68 bits per heavy atom. The molecule has 1 amide bonds. The molecule has 1 aromatic heterocycles. The molecule has 0 saturated heterocycles. The zero-order valence-electron chi connectivity index (χ0n) is 13.5. The van der Waals surface area contributed by atoms with Gasteiger partial charge < -0.3 is 5.32 Å². The van der Waals surface area contributed by atoms with Crippen molar-refractivity contribution in [1.29, 1.82) is 0 Å². The Bertz CT molecular complexity index is 634. The Morgan fingerprint density at radius 2 is 2.00 bits per heavy atom. The van der Waals surface area contributed by atoms with E-state index in [0.29, 0.717) is 11.7 Å². The SMILES string of the molecule is CC(C)NC(=O)CSc1nccn1-c1ccccc1C(C)C. The van der Waals surface area contributed by atoms with Crippen LogP contribution in [0.15, 0.2) is 41.8 Å². The van der Waals surface area contributed by atoms with Crippen molar-refractivity contribution >= 4 is 17.7 Å². The topological polar surface area (TPSA) is 46.9 Å². The van der Waals surface area contributed by atoms with Crippen LogP contribution in [0.1, 0.15) is 39.2 Å². The fraction of sp³-hybridized carbons (Fsp3) is 0.412. The third-order valence-corrected chi connectivity index (χ3v) is 4.17. The number of hydrogen-bond donors (Lipinski definition) is 1. The number of carbonyl (C=O) groups is 1. The molecule has 0 fully saturated rings. The summed E-state index contributed by atoms with van der Waals surface area (Å²) < 4.78 is 2.06. The van der Waals surface area contributed by atoms with Gasteiger partial charge in [0.15, 0.2) is 5.16 Å². The quantitative estimate of drug-likeness (QED) is 0.828. The first-order valence-electron chi connectivity index (χ1n) is 7.54. The van der Waals surface area contributed by atoms with Gasteiger partial charge in [-0.05, 0) is 31.4 Å². The lowest BCUT2D eigenvalue weighted by Crippen LogP contribution is -2.31. The largest absolute Gasteiger partial charge is 0.353 e. The number of rotatable bonds is 6. The van der Waals surface area contributed by atoms with Gasteiger partial charge in [-0.1, -0.05) is 43.8 Å². The Labute approximate surface area is 136 Å². The van der Waals surface area contributed by atoms with E-state index in [1.165, 1.54) is 17.3 Å². The van der Waals surface area contributed by atoms with E-state index >= 15 is 0 Å². The maximum absolute atomic E-state index is 11.8. The van der Waals surface area contributed by atoms with Crippen LogP contribution in [0.5, 0.6) is 0 Å². The third-order valence-electron chi connectivity index (χ3n) is 3.21. The smallest absolute Gasteiger partial charge is 0.230 e. The zero-order chi connectivity index (χ0) is 16.1. The van der Waals surface area contributed by atoms with E-state index in [0.717, 1.165) is 10.8 Å². The van der Waals surface area contributed by atoms with Crippen LogP contribution in [-0.2, 0) is 4.79 Å². The van der Waals surface area contributed by atoms with E-state index in [-0.39, 0.29) is 11.9 Å². The van der Waals surface area contributed by atoms with Crippen LogP contribution in [0, 0.1) is 0 Å². The van der Waals surface area contributed by atoms with Crippen molar-refractivity contribution in [3.05, 3.63) is 42.2 Å². The zero-order valence-corrected chi connectivity index (χ0v) is 14.4. The van der Waals surface area contributed by atoms with Crippen LogP contribution in [-0.4, -0.2) is 27.3 Å². The molecule has 0 spiro atoms. The fourth-order valence-corrected chi connectivity index (χ4v) is 3.05. The van der Waals surface area contributed by atoms with Crippen molar-refractivity contribution in [3.8, 4) is 5.69 Å². The van der Waals surface area contributed by atoms with Crippen molar-refractivity contribution in [2.24, 2.45) is 0 Å². The van der Waals surface area contributed by atoms with Crippen LogP contribution < -0.4 is 5.32 Å². The first-order chi connectivity index (χ1) is 10.5. The first-order valence-corrected chi connectivity index (χ1v) is 8.52. The number of thioether (sulfide) groups is 1.